The number of amides is 1. The van der Waals surface area contributed by atoms with Crippen LogP contribution in [0.15, 0.2) is 30.5 Å². The van der Waals surface area contributed by atoms with E-state index >= 15 is 4.39 Å². The summed E-state index contributed by atoms with van der Waals surface area (Å²) in [6, 6.07) is 7.47. The van der Waals surface area contributed by atoms with Gasteiger partial charge in [0.25, 0.3) is 0 Å². The third-order valence-corrected chi connectivity index (χ3v) is 8.61. The zero-order valence-electron chi connectivity index (χ0n) is 24.3. The van der Waals surface area contributed by atoms with Gasteiger partial charge in [0.1, 0.15) is 11.5 Å². The number of carbonyl (C=O) groups is 2. The second kappa shape index (κ2) is 10.7. The van der Waals surface area contributed by atoms with Crippen LogP contribution >= 0.6 is 0 Å². The number of hydrogen-bond donors (Lipinski definition) is 1. The maximum absolute atomic E-state index is 15.4. The van der Waals surface area contributed by atoms with Crippen LogP contribution in [0.2, 0.25) is 0 Å². The van der Waals surface area contributed by atoms with Gasteiger partial charge < -0.3 is 24.2 Å². The van der Waals surface area contributed by atoms with Crippen molar-refractivity contribution in [2.75, 3.05) is 37.7 Å². The minimum Gasteiger partial charge on any atom is -0.490 e. The number of ether oxygens (including phenoxy) is 1. The summed E-state index contributed by atoms with van der Waals surface area (Å²) < 4.78 is 23.1. The molecule has 0 saturated carbocycles. The Balaban J connectivity index is 1.51. The van der Waals surface area contributed by atoms with Crippen LogP contribution in [0.3, 0.4) is 0 Å². The first-order valence-corrected chi connectivity index (χ1v) is 14.3. The number of piperazine rings is 1. The SMILES string of the molecule is CC(=O)N1CCN(c2cc(-c3cc4c(-c5cc(F)c6c(c5C)CCCO6)c(CC(=O)O)c(C)nc4n3C)ccn2)CC1. The van der Waals surface area contributed by atoms with E-state index < -0.39 is 11.8 Å². The summed E-state index contributed by atoms with van der Waals surface area (Å²) in [4.78, 5) is 37.3. The molecule has 0 unspecified atom stereocenters. The number of fused-ring (bicyclic) bond motifs is 2. The van der Waals surface area contributed by atoms with E-state index in [1.165, 1.54) is 6.07 Å². The highest BCUT2D eigenvalue weighted by molar-refractivity contribution is 6.01. The van der Waals surface area contributed by atoms with Crippen LogP contribution in [-0.4, -0.2) is 69.2 Å². The van der Waals surface area contributed by atoms with Gasteiger partial charge in [-0.05, 0) is 73.2 Å². The Bertz CT molecular complexity index is 1740. The lowest BCUT2D eigenvalue weighted by Gasteiger charge is -2.35. The van der Waals surface area contributed by atoms with Crippen LogP contribution in [0.25, 0.3) is 33.4 Å². The standard InChI is InChI=1S/C32H34FN5O4/c1-18-22-6-5-13-42-31(22)26(33)15-23(18)30-24(17-29(40)41)19(2)35-32-25(30)16-27(36(32)4)21-7-8-34-28(14-21)38-11-9-37(10-12-38)20(3)39/h7-8,14-16H,5-6,9-13,17H2,1-4H3,(H,40,41). The molecular weight excluding hydrogens is 537 g/mol. The average Bonchev–Trinajstić information content (AvgIpc) is 3.31. The van der Waals surface area contributed by atoms with Crippen molar-refractivity contribution in [1.82, 2.24) is 19.4 Å². The number of halogens is 1. The van der Waals surface area contributed by atoms with Crippen molar-refractivity contribution in [3.8, 4) is 28.1 Å². The Hall–Kier alpha value is -4.47. The van der Waals surface area contributed by atoms with Gasteiger partial charge in [-0.25, -0.2) is 14.4 Å². The summed E-state index contributed by atoms with van der Waals surface area (Å²) in [6.07, 6.45) is 3.05. The fourth-order valence-corrected chi connectivity index (χ4v) is 6.35. The van der Waals surface area contributed by atoms with Gasteiger partial charge in [0.05, 0.1) is 18.7 Å². The topological polar surface area (TPSA) is 101 Å². The highest BCUT2D eigenvalue weighted by atomic mass is 19.1. The molecule has 3 aromatic heterocycles. The molecule has 1 amide bonds. The van der Waals surface area contributed by atoms with E-state index in [4.69, 9.17) is 9.72 Å². The number of carbonyl (C=O) groups excluding carboxylic acids is 1. The maximum Gasteiger partial charge on any atom is 0.307 e. The van der Waals surface area contributed by atoms with Gasteiger partial charge >= 0.3 is 5.97 Å². The number of benzene rings is 1. The predicted octanol–water partition coefficient (Wildman–Crippen LogP) is 4.68. The highest BCUT2D eigenvalue weighted by Crippen LogP contribution is 2.43. The molecule has 1 fully saturated rings. The van der Waals surface area contributed by atoms with Crippen molar-refractivity contribution >= 4 is 28.7 Å². The summed E-state index contributed by atoms with van der Waals surface area (Å²) in [5.74, 6) is -0.209. The lowest BCUT2D eigenvalue weighted by atomic mass is 9.87. The molecule has 1 aromatic carbocycles. The Morgan fingerprint density at radius 2 is 1.88 bits per heavy atom. The van der Waals surface area contributed by atoms with E-state index in [1.807, 2.05) is 48.6 Å². The fraction of sp³-hybridized carbons (Fsp3) is 0.375. The molecule has 0 radical (unpaired) electrons. The molecule has 4 aromatic rings. The Morgan fingerprint density at radius 1 is 1.12 bits per heavy atom. The van der Waals surface area contributed by atoms with Gasteiger partial charge in [-0.3, -0.25) is 9.59 Å². The van der Waals surface area contributed by atoms with E-state index in [2.05, 4.69) is 9.88 Å². The lowest BCUT2D eigenvalue weighted by Crippen LogP contribution is -2.48. The molecule has 5 heterocycles. The summed E-state index contributed by atoms with van der Waals surface area (Å²) in [7, 11) is 1.94. The molecule has 0 bridgehead atoms. The zero-order chi connectivity index (χ0) is 29.7. The molecule has 218 valence electrons. The number of hydrogen-bond acceptors (Lipinski definition) is 6. The van der Waals surface area contributed by atoms with Crippen LogP contribution < -0.4 is 9.64 Å². The number of aliphatic carboxylic acids is 1. The van der Waals surface area contributed by atoms with Crippen molar-refractivity contribution in [2.24, 2.45) is 7.05 Å². The highest BCUT2D eigenvalue weighted by Gasteiger charge is 2.27. The van der Waals surface area contributed by atoms with Gasteiger partial charge in [-0.15, -0.1) is 0 Å². The number of pyridine rings is 2. The second-order valence-corrected chi connectivity index (χ2v) is 11.1. The van der Waals surface area contributed by atoms with E-state index in [9.17, 15) is 14.7 Å². The number of rotatable bonds is 5. The van der Waals surface area contributed by atoms with Crippen LogP contribution in [-0.2, 0) is 29.5 Å². The lowest BCUT2D eigenvalue weighted by molar-refractivity contribution is -0.136. The first kappa shape index (κ1) is 27.7. The number of anilines is 1. The minimum atomic E-state index is -0.972. The summed E-state index contributed by atoms with van der Waals surface area (Å²) >= 11 is 0. The number of carboxylic acid groups (broad SMARTS) is 1. The number of nitrogens with zero attached hydrogens (tertiary/aromatic N) is 5. The molecule has 0 aliphatic carbocycles. The zero-order valence-corrected chi connectivity index (χ0v) is 24.3. The predicted molar refractivity (Wildman–Crippen MR) is 158 cm³/mol. The molecule has 10 heteroatoms. The van der Waals surface area contributed by atoms with Crippen LogP contribution in [0.5, 0.6) is 5.75 Å². The molecule has 0 spiro atoms. The smallest absolute Gasteiger partial charge is 0.307 e. The van der Waals surface area contributed by atoms with Crippen LogP contribution in [0.4, 0.5) is 10.2 Å². The van der Waals surface area contributed by atoms with Crippen molar-refractivity contribution in [1.29, 1.82) is 0 Å². The summed E-state index contributed by atoms with van der Waals surface area (Å²) in [5, 5.41) is 10.6. The molecule has 6 rings (SSSR count). The van der Waals surface area contributed by atoms with E-state index in [-0.39, 0.29) is 12.3 Å². The maximum atomic E-state index is 15.4. The van der Waals surface area contributed by atoms with Gasteiger partial charge in [0, 0.05) is 68.6 Å². The first-order valence-electron chi connectivity index (χ1n) is 14.3. The molecule has 2 aliphatic heterocycles. The van der Waals surface area contributed by atoms with Crippen LogP contribution in [0, 0.1) is 19.7 Å². The number of aryl methyl sites for hydroxylation is 2. The third-order valence-electron chi connectivity index (χ3n) is 8.61. The number of aromatic nitrogens is 3. The quantitative estimate of drug-likeness (QED) is 0.371. The van der Waals surface area contributed by atoms with E-state index in [1.54, 1.807) is 13.1 Å². The normalized spacial score (nSPS) is 15.1. The average molecular weight is 572 g/mol. The first-order chi connectivity index (χ1) is 20.1. The third kappa shape index (κ3) is 4.74. The fourth-order valence-electron chi connectivity index (χ4n) is 6.35. The summed E-state index contributed by atoms with van der Waals surface area (Å²) in [6.45, 7) is 8.53. The van der Waals surface area contributed by atoms with Crippen molar-refractivity contribution in [3.05, 3.63) is 58.7 Å². The summed E-state index contributed by atoms with van der Waals surface area (Å²) in [5.41, 5.74) is 6.77. The Labute approximate surface area is 243 Å². The molecule has 42 heavy (non-hydrogen) atoms. The van der Waals surface area contributed by atoms with Crippen molar-refractivity contribution in [2.45, 2.75) is 40.0 Å². The van der Waals surface area contributed by atoms with Gasteiger partial charge in [-0.2, -0.15) is 0 Å². The van der Waals surface area contributed by atoms with Crippen LogP contribution in [0.1, 0.15) is 35.7 Å². The van der Waals surface area contributed by atoms with Gasteiger partial charge in [0.15, 0.2) is 11.6 Å². The molecule has 1 N–H and O–H groups in total. The monoisotopic (exact) mass is 571 g/mol. The second-order valence-electron chi connectivity index (χ2n) is 11.1. The minimum absolute atomic E-state index is 0.0781. The molecule has 1 saturated heterocycles. The van der Waals surface area contributed by atoms with Crippen molar-refractivity contribution in [3.63, 3.8) is 0 Å². The molecule has 2 aliphatic rings. The molecular formula is C32H34FN5O4. The van der Waals surface area contributed by atoms with Crippen molar-refractivity contribution < 1.29 is 23.8 Å². The molecule has 9 nitrogen and oxygen atoms in total. The van der Waals surface area contributed by atoms with Gasteiger partial charge in [-0.1, -0.05) is 0 Å². The van der Waals surface area contributed by atoms with E-state index in [0.717, 1.165) is 40.0 Å². The Kier molecular flexibility index (Phi) is 7.08. The van der Waals surface area contributed by atoms with Gasteiger partial charge in [0.2, 0.25) is 5.91 Å². The van der Waals surface area contributed by atoms with E-state index in [0.29, 0.717) is 73.0 Å². The Morgan fingerprint density at radius 3 is 2.60 bits per heavy atom. The largest absolute Gasteiger partial charge is 0.490 e. The number of carboxylic acids is 1. The molecule has 0 atom stereocenters.